The summed E-state index contributed by atoms with van der Waals surface area (Å²) < 4.78 is 5.31. The number of piperidine rings is 1. The molecule has 0 aromatic rings. The summed E-state index contributed by atoms with van der Waals surface area (Å²) in [5.41, 5.74) is 0. The lowest BCUT2D eigenvalue weighted by Crippen LogP contribution is -2.50. The van der Waals surface area contributed by atoms with E-state index in [0.717, 1.165) is 38.5 Å². The van der Waals surface area contributed by atoms with Crippen molar-refractivity contribution in [2.75, 3.05) is 13.7 Å². The largest absolute Gasteiger partial charge is 0.480 e. The Morgan fingerprint density at radius 3 is 2.37 bits per heavy atom. The van der Waals surface area contributed by atoms with Crippen LogP contribution < -0.4 is 0 Å². The van der Waals surface area contributed by atoms with Gasteiger partial charge < -0.3 is 14.7 Å². The number of ether oxygens (including phenoxy) is 1. The van der Waals surface area contributed by atoms with Crippen LogP contribution in [-0.4, -0.2) is 47.7 Å². The maximum Gasteiger partial charge on any atom is 0.326 e. The second-order valence-electron chi connectivity index (χ2n) is 5.59. The van der Waals surface area contributed by atoms with Crippen molar-refractivity contribution in [1.29, 1.82) is 0 Å². The molecule has 0 spiro atoms. The van der Waals surface area contributed by atoms with E-state index >= 15 is 0 Å². The van der Waals surface area contributed by atoms with E-state index in [1.165, 1.54) is 0 Å². The summed E-state index contributed by atoms with van der Waals surface area (Å²) in [6.45, 7) is 0.597. The molecule has 1 aliphatic heterocycles. The molecule has 5 heteroatoms. The molecule has 0 bridgehead atoms. The van der Waals surface area contributed by atoms with E-state index in [1.807, 2.05) is 0 Å². The lowest BCUT2D eigenvalue weighted by Gasteiger charge is -2.37. The van der Waals surface area contributed by atoms with Crippen LogP contribution in [0.2, 0.25) is 0 Å². The van der Waals surface area contributed by atoms with Crippen molar-refractivity contribution in [3.8, 4) is 0 Å². The maximum absolute atomic E-state index is 12.5. The fourth-order valence-electron chi connectivity index (χ4n) is 3.23. The van der Waals surface area contributed by atoms with Gasteiger partial charge in [-0.15, -0.1) is 0 Å². The first-order valence-corrected chi connectivity index (χ1v) is 7.19. The third-order valence-corrected chi connectivity index (χ3v) is 4.43. The number of carboxylic acids is 1. The zero-order valence-corrected chi connectivity index (χ0v) is 11.5. The van der Waals surface area contributed by atoms with Gasteiger partial charge in [-0.1, -0.05) is 0 Å². The van der Waals surface area contributed by atoms with Gasteiger partial charge in [0.15, 0.2) is 0 Å². The van der Waals surface area contributed by atoms with Crippen molar-refractivity contribution in [3.63, 3.8) is 0 Å². The number of likely N-dealkylation sites (tertiary alicyclic amines) is 1. The Hall–Kier alpha value is -1.10. The molecule has 5 nitrogen and oxygen atoms in total. The highest BCUT2D eigenvalue weighted by molar-refractivity contribution is 5.85. The molecule has 1 saturated carbocycles. The lowest BCUT2D eigenvalue weighted by atomic mass is 9.85. The van der Waals surface area contributed by atoms with Gasteiger partial charge >= 0.3 is 5.97 Å². The van der Waals surface area contributed by atoms with E-state index in [-0.39, 0.29) is 17.9 Å². The van der Waals surface area contributed by atoms with E-state index in [0.29, 0.717) is 13.0 Å². The Morgan fingerprint density at radius 1 is 1.11 bits per heavy atom. The average molecular weight is 269 g/mol. The molecule has 19 heavy (non-hydrogen) atoms. The fraction of sp³-hybridized carbons (Fsp3) is 0.857. The molecule has 108 valence electrons. The standard InChI is InChI=1S/C14H23NO4/c1-19-11-7-5-10(6-8-11)13(16)15-9-3-2-4-12(15)14(17)18/h10-12H,2-9H2,1H3,(H,17,18)/t10?,11?,12-/m0/s1. The van der Waals surface area contributed by atoms with Crippen LogP contribution >= 0.6 is 0 Å². The zero-order chi connectivity index (χ0) is 13.8. The predicted molar refractivity (Wildman–Crippen MR) is 69.7 cm³/mol. The van der Waals surface area contributed by atoms with E-state index in [1.54, 1.807) is 12.0 Å². The lowest BCUT2D eigenvalue weighted by molar-refractivity contribution is -0.154. The summed E-state index contributed by atoms with van der Waals surface area (Å²) in [7, 11) is 1.71. The number of carboxylic acid groups (broad SMARTS) is 1. The Kier molecular flexibility index (Phi) is 4.80. The Balaban J connectivity index is 1.96. The van der Waals surface area contributed by atoms with Crippen LogP contribution in [0.15, 0.2) is 0 Å². The molecule has 2 rings (SSSR count). The molecule has 2 fully saturated rings. The van der Waals surface area contributed by atoms with E-state index in [2.05, 4.69) is 0 Å². The van der Waals surface area contributed by atoms with Gasteiger partial charge in [-0.3, -0.25) is 4.79 Å². The molecule has 1 saturated heterocycles. The molecule has 0 radical (unpaired) electrons. The monoisotopic (exact) mass is 269 g/mol. The molecule has 1 N–H and O–H groups in total. The first-order chi connectivity index (χ1) is 9.13. The number of carbonyl (C=O) groups excluding carboxylic acids is 1. The van der Waals surface area contributed by atoms with Gasteiger partial charge in [0.25, 0.3) is 0 Å². The highest BCUT2D eigenvalue weighted by Gasteiger charge is 2.36. The van der Waals surface area contributed by atoms with Crippen LogP contribution in [0.1, 0.15) is 44.9 Å². The van der Waals surface area contributed by atoms with Gasteiger partial charge in [0, 0.05) is 19.6 Å². The van der Waals surface area contributed by atoms with Crippen LogP contribution in [0.5, 0.6) is 0 Å². The second-order valence-corrected chi connectivity index (χ2v) is 5.59. The van der Waals surface area contributed by atoms with Gasteiger partial charge in [-0.2, -0.15) is 0 Å². The summed E-state index contributed by atoms with van der Waals surface area (Å²) in [6.07, 6.45) is 6.12. The van der Waals surface area contributed by atoms with Crippen molar-refractivity contribution >= 4 is 11.9 Å². The van der Waals surface area contributed by atoms with Crippen LogP contribution in [0, 0.1) is 5.92 Å². The molecule has 0 aromatic heterocycles. The predicted octanol–water partition coefficient (Wildman–Crippen LogP) is 1.66. The minimum absolute atomic E-state index is 0.00801. The number of methoxy groups -OCH3 is 1. The molecule has 2 aliphatic rings. The number of carbonyl (C=O) groups is 2. The first kappa shape index (κ1) is 14.3. The minimum atomic E-state index is -0.862. The van der Waals surface area contributed by atoms with Crippen LogP contribution in [0.3, 0.4) is 0 Å². The third kappa shape index (κ3) is 3.26. The van der Waals surface area contributed by atoms with Crippen molar-refractivity contribution < 1.29 is 19.4 Å². The van der Waals surface area contributed by atoms with Gasteiger partial charge in [0.05, 0.1) is 6.10 Å². The van der Waals surface area contributed by atoms with Gasteiger partial charge in [0.2, 0.25) is 5.91 Å². The SMILES string of the molecule is COC1CCC(C(=O)N2CCCC[C@H]2C(=O)O)CC1. The number of nitrogens with zero attached hydrogens (tertiary/aromatic N) is 1. The molecular weight excluding hydrogens is 246 g/mol. The Morgan fingerprint density at radius 2 is 1.79 bits per heavy atom. The second kappa shape index (κ2) is 6.37. The first-order valence-electron chi connectivity index (χ1n) is 7.19. The smallest absolute Gasteiger partial charge is 0.326 e. The summed E-state index contributed by atoms with van der Waals surface area (Å²) >= 11 is 0. The third-order valence-electron chi connectivity index (χ3n) is 4.43. The van der Waals surface area contributed by atoms with Gasteiger partial charge in [-0.25, -0.2) is 4.79 Å². The van der Waals surface area contributed by atoms with Crippen LogP contribution in [-0.2, 0) is 14.3 Å². The molecule has 1 heterocycles. The van der Waals surface area contributed by atoms with E-state index in [9.17, 15) is 14.7 Å². The van der Waals surface area contributed by atoms with Gasteiger partial charge in [0.1, 0.15) is 6.04 Å². The van der Waals surface area contributed by atoms with E-state index < -0.39 is 12.0 Å². The molecule has 1 amide bonds. The number of aliphatic carboxylic acids is 1. The average Bonchev–Trinajstić information content (AvgIpc) is 2.46. The van der Waals surface area contributed by atoms with Crippen LogP contribution in [0.25, 0.3) is 0 Å². The number of hydrogen-bond donors (Lipinski definition) is 1. The highest BCUT2D eigenvalue weighted by Crippen LogP contribution is 2.29. The van der Waals surface area contributed by atoms with Crippen molar-refractivity contribution in [1.82, 2.24) is 4.90 Å². The van der Waals surface area contributed by atoms with Crippen molar-refractivity contribution in [2.24, 2.45) is 5.92 Å². The molecule has 1 atom stereocenters. The summed E-state index contributed by atoms with van der Waals surface area (Å²) in [4.78, 5) is 25.3. The Bertz CT molecular complexity index is 336. The van der Waals surface area contributed by atoms with Crippen molar-refractivity contribution in [3.05, 3.63) is 0 Å². The minimum Gasteiger partial charge on any atom is -0.480 e. The molecule has 0 aromatic carbocycles. The Labute approximate surface area is 113 Å². The number of amides is 1. The molecule has 1 aliphatic carbocycles. The summed E-state index contributed by atoms with van der Waals surface area (Å²) in [5, 5.41) is 9.22. The zero-order valence-electron chi connectivity index (χ0n) is 11.5. The number of rotatable bonds is 3. The fourth-order valence-corrected chi connectivity index (χ4v) is 3.23. The van der Waals surface area contributed by atoms with E-state index in [4.69, 9.17) is 4.74 Å². The quantitative estimate of drug-likeness (QED) is 0.846. The van der Waals surface area contributed by atoms with Crippen LogP contribution in [0.4, 0.5) is 0 Å². The molecule has 0 unspecified atom stereocenters. The topological polar surface area (TPSA) is 66.8 Å². The summed E-state index contributed by atoms with van der Waals surface area (Å²) in [6, 6.07) is -0.610. The maximum atomic E-state index is 12.5. The van der Waals surface area contributed by atoms with Gasteiger partial charge in [-0.05, 0) is 44.9 Å². The summed E-state index contributed by atoms with van der Waals surface area (Å²) in [5.74, 6) is -0.827. The van der Waals surface area contributed by atoms with Crippen molar-refractivity contribution in [2.45, 2.75) is 57.1 Å². The number of hydrogen-bond acceptors (Lipinski definition) is 3. The highest BCUT2D eigenvalue weighted by atomic mass is 16.5. The normalized spacial score (nSPS) is 32.1. The molecular formula is C14H23NO4.